The zero-order valence-electron chi connectivity index (χ0n) is 9.56. The number of hydrogen-bond acceptors (Lipinski definition) is 3. The van der Waals surface area contributed by atoms with Crippen molar-refractivity contribution < 1.29 is 4.39 Å². The summed E-state index contributed by atoms with van der Waals surface area (Å²) in [6.07, 6.45) is 0. The fourth-order valence-corrected chi connectivity index (χ4v) is 2.09. The van der Waals surface area contributed by atoms with Gasteiger partial charge in [-0.1, -0.05) is 0 Å². The number of benzene rings is 1. The Morgan fingerprint density at radius 3 is 2.62 bits per heavy atom. The van der Waals surface area contributed by atoms with Crippen LogP contribution in [0.15, 0.2) is 24.3 Å². The average molecular weight is 223 g/mol. The van der Waals surface area contributed by atoms with Gasteiger partial charge in [0.2, 0.25) is 0 Å². The molecule has 1 atom stereocenters. The lowest BCUT2D eigenvalue weighted by molar-refractivity contribution is 0.224. The quantitative estimate of drug-likeness (QED) is 0.808. The Labute approximate surface area is 95.6 Å². The number of halogens is 1. The van der Waals surface area contributed by atoms with Crippen LogP contribution in [0.1, 0.15) is 0 Å². The molecular formula is C12H18FN3. The molecule has 1 unspecified atom stereocenters. The van der Waals surface area contributed by atoms with Crippen LogP contribution in [0.4, 0.5) is 10.1 Å². The van der Waals surface area contributed by atoms with Gasteiger partial charge >= 0.3 is 0 Å². The molecule has 2 N–H and O–H groups in total. The zero-order valence-corrected chi connectivity index (χ0v) is 9.56. The van der Waals surface area contributed by atoms with Gasteiger partial charge in [-0.05, 0) is 31.3 Å². The lowest BCUT2D eigenvalue weighted by Gasteiger charge is -2.40. The third-order valence-electron chi connectivity index (χ3n) is 3.24. The summed E-state index contributed by atoms with van der Waals surface area (Å²) in [5.74, 6) is -0.187. The summed E-state index contributed by atoms with van der Waals surface area (Å²) in [4.78, 5) is 4.54. The molecule has 1 heterocycles. The van der Waals surface area contributed by atoms with Crippen molar-refractivity contribution in [3.05, 3.63) is 30.1 Å². The summed E-state index contributed by atoms with van der Waals surface area (Å²) in [6.45, 7) is 3.55. The van der Waals surface area contributed by atoms with E-state index in [4.69, 9.17) is 5.73 Å². The minimum atomic E-state index is -0.187. The third-order valence-corrected chi connectivity index (χ3v) is 3.24. The van der Waals surface area contributed by atoms with E-state index >= 15 is 0 Å². The van der Waals surface area contributed by atoms with Crippen LogP contribution in [0.3, 0.4) is 0 Å². The Bertz CT molecular complexity index is 339. The normalized spacial score (nSPS) is 22.4. The SMILES string of the molecule is CN1CCN(c2ccc(F)cc2)CC1CN. The van der Waals surface area contributed by atoms with Gasteiger partial charge in [0.15, 0.2) is 0 Å². The smallest absolute Gasteiger partial charge is 0.123 e. The van der Waals surface area contributed by atoms with Gasteiger partial charge in [-0.2, -0.15) is 0 Å². The molecular weight excluding hydrogens is 205 g/mol. The number of hydrogen-bond donors (Lipinski definition) is 1. The van der Waals surface area contributed by atoms with E-state index < -0.39 is 0 Å². The summed E-state index contributed by atoms with van der Waals surface area (Å²) >= 11 is 0. The van der Waals surface area contributed by atoms with E-state index in [9.17, 15) is 4.39 Å². The van der Waals surface area contributed by atoms with Crippen molar-refractivity contribution in [1.29, 1.82) is 0 Å². The standard InChI is InChI=1S/C12H18FN3/c1-15-6-7-16(9-12(15)8-14)11-4-2-10(13)3-5-11/h2-5,12H,6-9,14H2,1H3. The molecule has 0 aliphatic carbocycles. The van der Waals surface area contributed by atoms with Crippen molar-refractivity contribution in [2.45, 2.75) is 6.04 Å². The Morgan fingerprint density at radius 1 is 1.31 bits per heavy atom. The number of piperazine rings is 1. The fourth-order valence-electron chi connectivity index (χ4n) is 2.09. The highest BCUT2D eigenvalue weighted by molar-refractivity contribution is 5.47. The number of likely N-dealkylation sites (N-methyl/N-ethyl adjacent to an activating group) is 1. The summed E-state index contributed by atoms with van der Waals surface area (Å²) in [7, 11) is 2.10. The summed E-state index contributed by atoms with van der Waals surface area (Å²) < 4.78 is 12.8. The predicted octanol–water partition coefficient (Wildman–Crippen LogP) is 0.905. The van der Waals surface area contributed by atoms with Crippen LogP contribution < -0.4 is 10.6 Å². The Hall–Kier alpha value is -1.13. The van der Waals surface area contributed by atoms with Crippen LogP contribution >= 0.6 is 0 Å². The van der Waals surface area contributed by atoms with Crippen LogP contribution in [0.5, 0.6) is 0 Å². The summed E-state index contributed by atoms with van der Waals surface area (Å²) in [6, 6.07) is 7.05. The first-order valence-electron chi connectivity index (χ1n) is 5.61. The molecule has 1 aromatic rings. The molecule has 2 rings (SSSR count). The van der Waals surface area contributed by atoms with Crippen molar-refractivity contribution >= 4 is 5.69 Å². The molecule has 3 nitrogen and oxygen atoms in total. The number of anilines is 1. The molecule has 0 aromatic heterocycles. The highest BCUT2D eigenvalue weighted by atomic mass is 19.1. The van der Waals surface area contributed by atoms with Crippen molar-refractivity contribution in [3.8, 4) is 0 Å². The van der Waals surface area contributed by atoms with E-state index in [-0.39, 0.29) is 5.82 Å². The molecule has 88 valence electrons. The Kier molecular flexibility index (Phi) is 3.41. The highest BCUT2D eigenvalue weighted by Crippen LogP contribution is 2.18. The van der Waals surface area contributed by atoms with Gasteiger partial charge in [0.25, 0.3) is 0 Å². The second-order valence-electron chi connectivity index (χ2n) is 4.29. The second kappa shape index (κ2) is 4.80. The van der Waals surface area contributed by atoms with E-state index in [1.165, 1.54) is 12.1 Å². The number of nitrogens with zero attached hydrogens (tertiary/aromatic N) is 2. The molecule has 0 saturated carbocycles. The van der Waals surface area contributed by atoms with Crippen LogP contribution in [0, 0.1) is 5.82 Å². The van der Waals surface area contributed by atoms with E-state index in [0.29, 0.717) is 12.6 Å². The molecule has 0 amide bonds. The van der Waals surface area contributed by atoms with Gasteiger partial charge in [-0.15, -0.1) is 0 Å². The first-order valence-corrected chi connectivity index (χ1v) is 5.61. The maximum Gasteiger partial charge on any atom is 0.123 e. The van der Waals surface area contributed by atoms with Crippen LogP contribution in [-0.4, -0.2) is 44.2 Å². The van der Waals surface area contributed by atoms with E-state index in [2.05, 4.69) is 16.8 Å². The molecule has 16 heavy (non-hydrogen) atoms. The van der Waals surface area contributed by atoms with Crippen molar-refractivity contribution in [2.75, 3.05) is 38.1 Å². The van der Waals surface area contributed by atoms with Crippen LogP contribution in [0.2, 0.25) is 0 Å². The van der Waals surface area contributed by atoms with Gasteiger partial charge in [0.1, 0.15) is 5.82 Å². The average Bonchev–Trinajstić information content (AvgIpc) is 2.31. The largest absolute Gasteiger partial charge is 0.369 e. The maximum atomic E-state index is 12.8. The lowest BCUT2D eigenvalue weighted by atomic mass is 10.1. The monoisotopic (exact) mass is 223 g/mol. The maximum absolute atomic E-state index is 12.8. The van der Waals surface area contributed by atoms with Crippen molar-refractivity contribution in [1.82, 2.24) is 4.90 Å². The zero-order chi connectivity index (χ0) is 11.5. The first kappa shape index (κ1) is 11.4. The Morgan fingerprint density at radius 2 is 2.00 bits per heavy atom. The van der Waals surface area contributed by atoms with Crippen molar-refractivity contribution in [3.63, 3.8) is 0 Å². The molecule has 1 aliphatic rings. The van der Waals surface area contributed by atoms with Gasteiger partial charge in [-0.25, -0.2) is 4.39 Å². The van der Waals surface area contributed by atoms with Crippen LogP contribution in [-0.2, 0) is 0 Å². The minimum absolute atomic E-state index is 0.187. The van der Waals surface area contributed by atoms with E-state index in [0.717, 1.165) is 25.3 Å². The number of rotatable bonds is 2. The highest BCUT2D eigenvalue weighted by Gasteiger charge is 2.22. The molecule has 4 heteroatoms. The minimum Gasteiger partial charge on any atom is -0.369 e. The Balaban J connectivity index is 2.08. The molecule has 0 radical (unpaired) electrons. The molecule has 1 fully saturated rings. The predicted molar refractivity (Wildman–Crippen MR) is 64.1 cm³/mol. The fraction of sp³-hybridized carbons (Fsp3) is 0.500. The van der Waals surface area contributed by atoms with Gasteiger partial charge in [-0.3, -0.25) is 4.90 Å². The third kappa shape index (κ3) is 2.33. The summed E-state index contributed by atoms with van der Waals surface area (Å²) in [5, 5.41) is 0. The summed E-state index contributed by atoms with van der Waals surface area (Å²) in [5.41, 5.74) is 6.81. The second-order valence-corrected chi connectivity index (χ2v) is 4.29. The van der Waals surface area contributed by atoms with Gasteiger partial charge in [0.05, 0.1) is 0 Å². The first-order chi connectivity index (χ1) is 7.70. The van der Waals surface area contributed by atoms with Gasteiger partial charge < -0.3 is 10.6 Å². The number of nitrogens with two attached hydrogens (primary N) is 1. The lowest BCUT2D eigenvalue weighted by Crippen LogP contribution is -2.54. The van der Waals surface area contributed by atoms with Crippen LogP contribution in [0.25, 0.3) is 0 Å². The molecule has 1 saturated heterocycles. The van der Waals surface area contributed by atoms with Crippen molar-refractivity contribution in [2.24, 2.45) is 5.73 Å². The molecule has 0 spiro atoms. The van der Waals surface area contributed by atoms with E-state index in [1.54, 1.807) is 0 Å². The molecule has 0 bridgehead atoms. The van der Waals surface area contributed by atoms with Gasteiger partial charge in [0, 0.05) is 37.9 Å². The molecule has 1 aliphatic heterocycles. The topological polar surface area (TPSA) is 32.5 Å². The molecule has 1 aromatic carbocycles. The van der Waals surface area contributed by atoms with E-state index in [1.807, 2.05) is 12.1 Å².